The van der Waals surface area contributed by atoms with Crippen molar-refractivity contribution in [3.63, 3.8) is 0 Å². The van der Waals surface area contributed by atoms with Crippen LogP contribution >= 0.6 is 0 Å². The van der Waals surface area contributed by atoms with Gasteiger partial charge in [-0.2, -0.15) is 4.98 Å². The molecule has 2 aromatic heterocycles. The van der Waals surface area contributed by atoms with Crippen LogP contribution in [-0.2, 0) is 0 Å². The zero-order valence-electron chi connectivity index (χ0n) is 11.5. The number of nitrogens with zero attached hydrogens (tertiary/aromatic N) is 3. The van der Waals surface area contributed by atoms with E-state index in [2.05, 4.69) is 20.4 Å². The molecule has 0 bridgehead atoms. The number of ether oxygens (including phenoxy) is 1. The fraction of sp³-hybridized carbons (Fsp3) is 0.500. The summed E-state index contributed by atoms with van der Waals surface area (Å²) in [5.74, 6) is 1.84. The van der Waals surface area contributed by atoms with Crippen molar-refractivity contribution in [2.45, 2.75) is 31.7 Å². The summed E-state index contributed by atoms with van der Waals surface area (Å²) in [5.41, 5.74) is 0.773. The van der Waals surface area contributed by atoms with E-state index >= 15 is 0 Å². The molecule has 6 heteroatoms. The van der Waals surface area contributed by atoms with E-state index in [0.717, 1.165) is 24.4 Å². The van der Waals surface area contributed by atoms with Crippen LogP contribution in [0.5, 0.6) is 5.75 Å². The maximum Gasteiger partial charge on any atom is 0.261 e. The van der Waals surface area contributed by atoms with Crippen LogP contribution in [0.3, 0.4) is 0 Å². The molecule has 106 valence electrons. The lowest BCUT2D eigenvalue weighted by Crippen LogP contribution is -2.21. The van der Waals surface area contributed by atoms with Crippen molar-refractivity contribution in [2.24, 2.45) is 0 Å². The van der Waals surface area contributed by atoms with Gasteiger partial charge in [0.2, 0.25) is 0 Å². The van der Waals surface area contributed by atoms with Gasteiger partial charge in [0.1, 0.15) is 5.75 Å². The lowest BCUT2D eigenvalue weighted by atomic mass is 10.1. The number of rotatable bonds is 3. The van der Waals surface area contributed by atoms with E-state index in [0.29, 0.717) is 11.6 Å². The number of nitrogens with one attached hydrogen (secondary N) is 1. The van der Waals surface area contributed by atoms with Gasteiger partial charge in [-0.25, -0.2) is 0 Å². The number of hydrogen-bond donors (Lipinski definition) is 1. The second-order valence-corrected chi connectivity index (χ2v) is 4.89. The van der Waals surface area contributed by atoms with E-state index in [9.17, 15) is 0 Å². The molecule has 1 unspecified atom stereocenters. The van der Waals surface area contributed by atoms with Gasteiger partial charge < -0.3 is 14.6 Å². The van der Waals surface area contributed by atoms with Crippen LogP contribution in [0.1, 0.15) is 37.5 Å². The number of methoxy groups -OCH3 is 1. The molecular weight excluding hydrogens is 256 g/mol. The van der Waals surface area contributed by atoms with E-state index in [1.54, 1.807) is 19.5 Å². The van der Waals surface area contributed by atoms with E-state index in [4.69, 9.17) is 9.26 Å². The highest BCUT2D eigenvalue weighted by atomic mass is 16.5. The molecule has 1 aliphatic rings. The summed E-state index contributed by atoms with van der Waals surface area (Å²) in [6.07, 6.45) is 8.03. The van der Waals surface area contributed by atoms with Crippen LogP contribution in [0.4, 0.5) is 0 Å². The fourth-order valence-corrected chi connectivity index (χ4v) is 2.45. The number of hydrogen-bond acceptors (Lipinski definition) is 6. The Hall–Kier alpha value is -1.95. The number of aromatic nitrogens is 3. The largest absolute Gasteiger partial charge is 0.494 e. The first-order valence-electron chi connectivity index (χ1n) is 6.94. The maximum absolute atomic E-state index is 5.38. The molecule has 1 N–H and O–H groups in total. The number of pyridine rings is 1. The van der Waals surface area contributed by atoms with E-state index < -0.39 is 0 Å². The van der Waals surface area contributed by atoms with Gasteiger partial charge in [-0.1, -0.05) is 18.0 Å². The predicted octanol–water partition coefficient (Wildman–Crippen LogP) is 2.34. The molecule has 6 nitrogen and oxygen atoms in total. The van der Waals surface area contributed by atoms with Crippen molar-refractivity contribution < 1.29 is 9.26 Å². The maximum atomic E-state index is 5.38. The van der Waals surface area contributed by atoms with E-state index in [1.807, 2.05) is 6.07 Å². The Balaban J connectivity index is 1.85. The summed E-state index contributed by atoms with van der Waals surface area (Å²) in [4.78, 5) is 8.53. The molecule has 0 radical (unpaired) electrons. The van der Waals surface area contributed by atoms with Gasteiger partial charge in [0, 0.05) is 6.20 Å². The molecule has 1 aliphatic heterocycles. The summed E-state index contributed by atoms with van der Waals surface area (Å²) >= 11 is 0. The molecule has 3 rings (SSSR count). The molecule has 0 saturated carbocycles. The summed E-state index contributed by atoms with van der Waals surface area (Å²) in [7, 11) is 1.60. The van der Waals surface area contributed by atoms with Crippen molar-refractivity contribution in [1.29, 1.82) is 0 Å². The topological polar surface area (TPSA) is 73.1 Å². The Morgan fingerprint density at radius 3 is 3.20 bits per heavy atom. The first kappa shape index (κ1) is 13.1. The fourth-order valence-electron chi connectivity index (χ4n) is 2.45. The molecule has 1 saturated heterocycles. The Morgan fingerprint density at radius 1 is 1.35 bits per heavy atom. The van der Waals surface area contributed by atoms with Gasteiger partial charge in [-0.15, -0.1) is 0 Å². The Morgan fingerprint density at radius 2 is 2.30 bits per heavy atom. The Kier molecular flexibility index (Phi) is 3.92. The van der Waals surface area contributed by atoms with Gasteiger partial charge in [-0.3, -0.25) is 4.98 Å². The molecule has 20 heavy (non-hydrogen) atoms. The molecule has 0 aromatic carbocycles. The van der Waals surface area contributed by atoms with Crippen LogP contribution < -0.4 is 10.1 Å². The van der Waals surface area contributed by atoms with Crippen molar-refractivity contribution >= 4 is 0 Å². The van der Waals surface area contributed by atoms with Crippen molar-refractivity contribution in [2.75, 3.05) is 13.7 Å². The minimum Gasteiger partial charge on any atom is -0.494 e. The van der Waals surface area contributed by atoms with Crippen LogP contribution in [-0.4, -0.2) is 28.8 Å². The molecular formula is C14H18N4O2. The zero-order chi connectivity index (χ0) is 13.8. The highest BCUT2D eigenvalue weighted by Gasteiger charge is 2.21. The van der Waals surface area contributed by atoms with Crippen LogP contribution in [0.25, 0.3) is 11.5 Å². The monoisotopic (exact) mass is 274 g/mol. The quantitative estimate of drug-likeness (QED) is 0.926. The Bertz CT molecular complexity index is 562. The second-order valence-electron chi connectivity index (χ2n) is 4.89. The minimum atomic E-state index is 0.183. The van der Waals surface area contributed by atoms with Gasteiger partial charge in [0.15, 0.2) is 5.82 Å². The highest BCUT2D eigenvalue weighted by Crippen LogP contribution is 2.29. The average molecular weight is 274 g/mol. The molecule has 3 heterocycles. The highest BCUT2D eigenvalue weighted by molar-refractivity contribution is 5.61. The van der Waals surface area contributed by atoms with E-state index in [1.165, 1.54) is 19.3 Å². The third-order valence-corrected chi connectivity index (χ3v) is 3.55. The lowest BCUT2D eigenvalue weighted by molar-refractivity contribution is 0.393. The Labute approximate surface area is 117 Å². The van der Waals surface area contributed by atoms with Crippen molar-refractivity contribution in [3.8, 4) is 17.2 Å². The summed E-state index contributed by atoms with van der Waals surface area (Å²) in [5, 5.41) is 7.57. The first-order chi connectivity index (χ1) is 9.88. The van der Waals surface area contributed by atoms with Crippen LogP contribution in [0.2, 0.25) is 0 Å². The van der Waals surface area contributed by atoms with Crippen LogP contribution in [0, 0.1) is 0 Å². The smallest absolute Gasteiger partial charge is 0.261 e. The summed E-state index contributed by atoms with van der Waals surface area (Å²) < 4.78 is 10.6. The third-order valence-electron chi connectivity index (χ3n) is 3.55. The second kappa shape index (κ2) is 6.00. The summed E-state index contributed by atoms with van der Waals surface area (Å²) in [6.45, 7) is 1.01. The average Bonchev–Trinajstić information content (AvgIpc) is 2.82. The molecule has 2 aromatic rings. The van der Waals surface area contributed by atoms with Gasteiger partial charge in [-0.05, 0) is 25.5 Å². The minimum absolute atomic E-state index is 0.183. The lowest BCUT2D eigenvalue weighted by Gasteiger charge is -2.10. The van der Waals surface area contributed by atoms with Gasteiger partial charge in [0.25, 0.3) is 5.89 Å². The predicted molar refractivity (Wildman–Crippen MR) is 73.3 cm³/mol. The summed E-state index contributed by atoms with van der Waals surface area (Å²) in [6, 6.07) is 2.00. The SMILES string of the molecule is COc1cnccc1-c1nc(C2CCCCCN2)no1. The normalized spacial score (nSPS) is 19.6. The van der Waals surface area contributed by atoms with Gasteiger partial charge in [0.05, 0.1) is 24.9 Å². The molecule has 1 fully saturated rings. The first-order valence-corrected chi connectivity index (χ1v) is 6.94. The third kappa shape index (κ3) is 2.65. The van der Waals surface area contributed by atoms with Gasteiger partial charge >= 0.3 is 0 Å². The molecule has 1 atom stereocenters. The van der Waals surface area contributed by atoms with Crippen molar-refractivity contribution in [3.05, 3.63) is 24.3 Å². The zero-order valence-corrected chi connectivity index (χ0v) is 11.5. The van der Waals surface area contributed by atoms with Crippen molar-refractivity contribution in [1.82, 2.24) is 20.4 Å². The van der Waals surface area contributed by atoms with E-state index in [-0.39, 0.29) is 6.04 Å². The van der Waals surface area contributed by atoms with Crippen LogP contribution in [0.15, 0.2) is 23.0 Å². The molecule has 0 amide bonds. The molecule has 0 aliphatic carbocycles. The molecule has 0 spiro atoms. The standard InChI is InChI=1S/C14H18N4O2/c1-19-12-9-15-8-6-10(12)14-17-13(18-20-14)11-5-3-2-4-7-16-11/h6,8-9,11,16H,2-5,7H2,1H3.